The molecule has 0 aliphatic heterocycles. The van der Waals surface area contributed by atoms with Gasteiger partial charge in [-0.05, 0) is 24.3 Å². The largest absolute Gasteiger partial charge is 0.335 e. The van der Waals surface area contributed by atoms with Gasteiger partial charge in [0.15, 0.2) is 0 Å². The standard InChI is InChI=1S/C9H7F2NO/c10-8-1-2-9(11)7(5-8)3-4-12-6-13/h1-6H,(H,12,13)/b4-3+. The van der Waals surface area contributed by atoms with Crippen LogP contribution in [0.2, 0.25) is 0 Å². The Hall–Kier alpha value is -1.71. The lowest BCUT2D eigenvalue weighted by Gasteiger charge is -1.95. The summed E-state index contributed by atoms with van der Waals surface area (Å²) in [6, 6.07) is 3.09. The van der Waals surface area contributed by atoms with Gasteiger partial charge >= 0.3 is 0 Å². The van der Waals surface area contributed by atoms with Crippen molar-refractivity contribution in [1.82, 2.24) is 5.32 Å². The normalized spacial score (nSPS) is 10.3. The molecule has 2 nitrogen and oxygen atoms in total. The summed E-state index contributed by atoms with van der Waals surface area (Å²) in [4.78, 5) is 9.82. The minimum Gasteiger partial charge on any atom is -0.335 e. The molecule has 0 fully saturated rings. The fourth-order valence-electron chi connectivity index (χ4n) is 0.820. The van der Waals surface area contributed by atoms with E-state index in [9.17, 15) is 13.6 Å². The molecule has 1 rings (SSSR count). The Bertz CT molecular complexity index is 336. The zero-order chi connectivity index (χ0) is 9.68. The number of hydrogen-bond acceptors (Lipinski definition) is 1. The Kier molecular flexibility index (Phi) is 3.14. The fraction of sp³-hybridized carbons (Fsp3) is 0. The van der Waals surface area contributed by atoms with Gasteiger partial charge in [0.05, 0.1) is 0 Å². The van der Waals surface area contributed by atoms with Crippen molar-refractivity contribution in [3.05, 3.63) is 41.6 Å². The molecule has 0 radical (unpaired) electrons. The van der Waals surface area contributed by atoms with Crippen molar-refractivity contribution in [1.29, 1.82) is 0 Å². The highest BCUT2D eigenvalue weighted by atomic mass is 19.1. The third-order valence-electron chi connectivity index (χ3n) is 1.39. The molecule has 1 N–H and O–H groups in total. The highest BCUT2D eigenvalue weighted by molar-refractivity contribution is 5.55. The number of hydrogen-bond donors (Lipinski definition) is 1. The second-order valence-corrected chi connectivity index (χ2v) is 2.28. The Morgan fingerprint density at radius 1 is 1.31 bits per heavy atom. The van der Waals surface area contributed by atoms with Crippen LogP contribution in [-0.2, 0) is 4.79 Å². The molecule has 4 heteroatoms. The molecule has 13 heavy (non-hydrogen) atoms. The zero-order valence-electron chi connectivity index (χ0n) is 6.63. The fourth-order valence-corrected chi connectivity index (χ4v) is 0.820. The van der Waals surface area contributed by atoms with E-state index in [0.717, 1.165) is 18.2 Å². The van der Waals surface area contributed by atoms with Gasteiger partial charge in [0.25, 0.3) is 0 Å². The Balaban J connectivity index is 2.86. The molecule has 0 atom stereocenters. The van der Waals surface area contributed by atoms with Crippen LogP contribution in [0.25, 0.3) is 6.08 Å². The molecule has 0 aliphatic carbocycles. The first-order valence-corrected chi connectivity index (χ1v) is 3.55. The third kappa shape index (κ3) is 2.66. The predicted octanol–water partition coefficient (Wildman–Crippen LogP) is 1.68. The van der Waals surface area contributed by atoms with E-state index >= 15 is 0 Å². The van der Waals surface area contributed by atoms with Crippen LogP contribution in [0.4, 0.5) is 8.78 Å². The smallest absolute Gasteiger partial charge is 0.211 e. The minimum absolute atomic E-state index is 0.0920. The second-order valence-electron chi connectivity index (χ2n) is 2.28. The molecule has 0 unspecified atom stereocenters. The van der Waals surface area contributed by atoms with E-state index in [-0.39, 0.29) is 5.56 Å². The van der Waals surface area contributed by atoms with Crippen LogP contribution in [0.15, 0.2) is 24.4 Å². The van der Waals surface area contributed by atoms with E-state index in [1.165, 1.54) is 12.3 Å². The van der Waals surface area contributed by atoms with Crippen molar-refractivity contribution in [2.75, 3.05) is 0 Å². The van der Waals surface area contributed by atoms with Crippen LogP contribution >= 0.6 is 0 Å². The average Bonchev–Trinajstić information content (AvgIpc) is 2.11. The van der Waals surface area contributed by atoms with E-state index in [1.807, 2.05) is 0 Å². The minimum atomic E-state index is -0.537. The van der Waals surface area contributed by atoms with Gasteiger partial charge in [-0.25, -0.2) is 8.78 Å². The Morgan fingerprint density at radius 2 is 2.08 bits per heavy atom. The SMILES string of the molecule is O=CN/C=C/c1cc(F)ccc1F. The molecular formula is C9H7F2NO. The summed E-state index contributed by atoms with van der Waals surface area (Å²) >= 11 is 0. The number of nitrogens with one attached hydrogen (secondary N) is 1. The van der Waals surface area contributed by atoms with Gasteiger partial charge in [0, 0.05) is 11.8 Å². The van der Waals surface area contributed by atoms with E-state index in [4.69, 9.17) is 0 Å². The topological polar surface area (TPSA) is 29.1 Å². The third-order valence-corrected chi connectivity index (χ3v) is 1.39. The van der Waals surface area contributed by atoms with Crippen molar-refractivity contribution in [3.8, 4) is 0 Å². The van der Waals surface area contributed by atoms with Gasteiger partial charge < -0.3 is 5.32 Å². The van der Waals surface area contributed by atoms with E-state index in [0.29, 0.717) is 6.41 Å². The molecule has 1 amide bonds. The zero-order valence-corrected chi connectivity index (χ0v) is 6.63. The highest BCUT2D eigenvalue weighted by Crippen LogP contribution is 2.10. The van der Waals surface area contributed by atoms with Crippen LogP contribution in [-0.4, -0.2) is 6.41 Å². The maximum atomic E-state index is 12.9. The number of benzene rings is 1. The van der Waals surface area contributed by atoms with Crippen LogP contribution < -0.4 is 5.32 Å². The molecule has 0 saturated heterocycles. The first-order chi connectivity index (χ1) is 6.24. The van der Waals surface area contributed by atoms with Crippen LogP contribution in [0.3, 0.4) is 0 Å². The number of carbonyl (C=O) groups excluding carboxylic acids is 1. The van der Waals surface area contributed by atoms with Crippen LogP contribution in [0.1, 0.15) is 5.56 Å². The maximum Gasteiger partial charge on any atom is 0.211 e. The molecule has 0 spiro atoms. The number of carbonyl (C=O) groups is 1. The van der Waals surface area contributed by atoms with Crippen molar-refractivity contribution in [3.63, 3.8) is 0 Å². The summed E-state index contributed by atoms with van der Waals surface area (Å²) in [6.07, 6.45) is 2.94. The average molecular weight is 183 g/mol. The first kappa shape index (κ1) is 9.38. The molecule has 0 saturated carbocycles. The van der Waals surface area contributed by atoms with Gasteiger partial charge in [-0.15, -0.1) is 0 Å². The van der Waals surface area contributed by atoms with E-state index in [1.54, 1.807) is 0 Å². The molecule has 1 aromatic rings. The summed E-state index contributed by atoms with van der Waals surface area (Å²) in [5, 5.41) is 2.19. The molecular weight excluding hydrogens is 176 g/mol. The summed E-state index contributed by atoms with van der Waals surface area (Å²) < 4.78 is 25.4. The highest BCUT2D eigenvalue weighted by Gasteiger charge is 1.98. The van der Waals surface area contributed by atoms with Gasteiger partial charge in [-0.3, -0.25) is 4.79 Å². The Morgan fingerprint density at radius 3 is 2.77 bits per heavy atom. The molecule has 68 valence electrons. The quantitative estimate of drug-likeness (QED) is 0.709. The van der Waals surface area contributed by atoms with Crippen LogP contribution in [0.5, 0.6) is 0 Å². The first-order valence-electron chi connectivity index (χ1n) is 3.55. The lowest BCUT2D eigenvalue weighted by atomic mass is 10.2. The monoisotopic (exact) mass is 183 g/mol. The molecule has 1 aromatic carbocycles. The number of rotatable bonds is 3. The Labute approximate surface area is 73.9 Å². The molecule has 0 aliphatic rings. The van der Waals surface area contributed by atoms with Crippen LogP contribution in [0, 0.1) is 11.6 Å². The van der Waals surface area contributed by atoms with Gasteiger partial charge in [-0.1, -0.05) is 0 Å². The molecule has 0 heterocycles. The van der Waals surface area contributed by atoms with E-state index < -0.39 is 11.6 Å². The molecule has 0 aromatic heterocycles. The van der Waals surface area contributed by atoms with Gasteiger partial charge in [-0.2, -0.15) is 0 Å². The van der Waals surface area contributed by atoms with Crippen molar-refractivity contribution >= 4 is 12.5 Å². The van der Waals surface area contributed by atoms with Gasteiger partial charge in [0.2, 0.25) is 6.41 Å². The lowest BCUT2D eigenvalue weighted by molar-refractivity contribution is -0.108. The summed E-state index contributed by atoms with van der Waals surface area (Å²) in [7, 11) is 0. The van der Waals surface area contributed by atoms with Crippen molar-refractivity contribution < 1.29 is 13.6 Å². The second kappa shape index (κ2) is 4.35. The van der Waals surface area contributed by atoms with Crippen molar-refractivity contribution in [2.45, 2.75) is 0 Å². The summed E-state index contributed by atoms with van der Waals surface area (Å²) in [5.41, 5.74) is 0.0920. The summed E-state index contributed by atoms with van der Waals surface area (Å²) in [6.45, 7) is 0. The predicted molar refractivity (Wildman–Crippen MR) is 44.6 cm³/mol. The lowest BCUT2D eigenvalue weighted by Crippen LogP contribution is -1.98. The molecule has 0 bridgehead atoms. The van der Waals surface area contributed by atoms with Gasteiger partial charge in [0.1, 0.15) is 11.6 Å². The number of amides is 1. The number of halogens is 2. The van der Waals surface area contributed by atoms with E-state index in [2.05, 4.69) is 5.32 Å². The summed E-state index contributed by atoms with van der Waals surface area (Å²) in [5.74, 6) is -1.06. The van der Waals surface area contributed by atoms with Crippen molar-refractivity contribution in [2.24, 2.45) is 0 Å². The maximum absolute atomic E-state index is 12.9.